The van der Waals surface area contributed by atoms with E-state index in [9.17, 15) is 4.79 Å². The maximum atomic E-state index is 11.8. The fraction of sp³-hybridized carbons (Fsp3) is 0.562. The first kappa shape index (κ1) is 14.9. The summed E-state index contributed by atoms with van der Waals surface area (Å²) < 4.78 is 5.41. The highest BCUT2D eigenvalue weighted by Crippen LogP contribution is 2.25. The molecule has 4 heteroatoms. The number of hydrogen-bond donors (Lipinski definition) is 2. The van der Waals surface area contributed by atoms with Crippen LogP contribution in [0.25, 0.3) is 0 Å². The third kappa shape index (κ3) is 3.31. The molecule has 0 bridgehead atoms. The number of carbonyl (C=O) groups is 1. The number of ether oxygens (including phenoxy) is 1. The Morgan fingerprint density at radius 3 is 2.70 bits per heavy atom. The molecule has 0 saturated carbocycles. The van der Waals surface area contributed by atoms with E-state index in [2.05, 4.69) is 17.6 Å². The fourth-order valence-electron chi connectivity index (χ4n) is 2.75. The molecule has 1 aromatic carbocycles. The van der Waals surface area contributed by atoms with Gasteiger partial charge in [-0.25, -0.2) is 0 Å². The first-order chi connectivity index (χ1) is 9.63. The topological polar surface area (TPSA) is 50.4 Å². The maximum absolute atomic E-state index is 11.8. The Kier molecular flexibility index (Phi) is 5.01. The van der Waals surface area contributed by atoms with Crippen LogP contribution in [0.15, 0.2) is 18.2 Å². The molecule has 110 valence electrons. The molecule has 1 aliphatic heterocycles. The Hall–Kier alpha value is -1.55. The van der Waals surface area contributed by atoms with Crippen LogP contribution in [0.3, 0.4) is 0 Å². The van der Waals surface area contributed by atoms with E-state index in [1.165, 1.54) is 0 Å². The molecule has 2 N–H and O–H groups in total. The van der Waals surface area contributed by atoms with E-state index in [4.69, 9.17) is 4.74 Å². The summed E-state index contributed by atoms with van der Waals surface area (Å²) in [5.74, 6) is 0.594. The standard InChI is InChI=1S/C16H24N2O2/c1-11-14(16(19)17-3)5-4-6-15(11)18-12(2)13-7-9-20-10-8-13/h4-6,12-13,18H,7-10H2,1-3H3,(H,17,19). The van der Waals surface area contributed by atoms with Gasteiger partial charge in [0.1, 0.15) is 0 Å². The van der Waals surface area contributed by atoms with Crippen LogP contribution in [0.1, 0.15) is 35.7 Å². The van der Waals surface area contributed by atoms with Crippen LogP contribution < -0.4 is 10.6 Å². The Morgan fingerprint density at radius 2 is 2.05 bits per heavy atom. The van der Waals surface area contributed by atoms with Crippen LogP contribution in [-0.4, -0.2) is 32.2 Å². The van der Waals surface area contributed by atoms with Crippen LogP contribution in [0.2, 0.25) is 0 Å². The molecule has 4 nitrogen and oxygen atoms in total. The molecule has 1 saturated heterocycles. The van der Waals surface area contributed by atoms with Gasteiger partial charge in [0.15, 0.2) is 0 Å². The molecular weight excluding hydrogens is 252 g/mol. The van der Waals surface area contributed by atoms with Crippen LogP contribution >= 0.6 is 0 Å². The Balaban J connectivity index is 2.10. The number of amides is 1. The van der Waals surface area contributed by atoms with E-state index in [1.807, 2.05) is 25.1 Å². The monoisotopic (exact) mass is 276 g/mol. The van der Waals surface area contributed by atoms with Gasteiger partial charge >= 0.3 is 0 Å². The first-order valence-electron chi connectivity index (χ1n) is 7.29. The van der Waals surface area contributed by atoms with Crippen molar-refractivity contribution in [3.05, 3.63) is 29.3 Å². The third-order valence-corrected chi connectivity index (χ3v) is 4.16. The lowest BCUT2D eigenvalue weighted by atomic mass is 9.92. The van der Waals surface area contributed by atoms with Crippen molar-refractivity contribution in [2.24, 2.45) is 5.92 Å². The predicted octanol–water partition coefficient (Wildman–Crippen LogP) is 2.58. The van der Waals surface area contributed by atoms with Gasteiger partial charge < -0.3 is 15.4 Å². The minimum Gasteiger partial charge on any atom is -0.382 e. The lowest BCUT2D eigenvalue weighted by Gasteiger charge is -2.29. The second-order valence-corrected chi connectivity index (χ2v) is 5.44. The lowest BCUT2D eigenvalue weighted by molar-refractivity contribution is 0.0622. The molecule has 0 radical (unpaired) electrons. The lowest BCUT2D eigenvalue weighted by Crippen LogP contribution is -2.31. The van der Waals surface area contributed by atoms with Gasteiger partial charge in [0, 0.05) is 37.6 Å². The van der Waals surface area contributed by atoms with Crippen molar-refractivity contribution in [1.82, 2.24) is 5.32 Å². The third-order valence-electron chi connectivity index (χ3n) is 4.16. The van der Waals surface area contributed by atoms with Crippen LogP contribution in [0, 0.1) is 12.8 Å². The van der Waals surface area contributed by atoms with Gasteiger partial charge in [-0.05, 0) is 50.3 Å². The minimum absolute atomic E-state index is 0.0372. The fourth-order valence-corrected chi connectivity index (χ4v) is 2.75. The highest BCUT2D eigenvalue weighted by molar-refractivity contribution is 5.96. The second kappa shape index (κ2) is 6.75. The summed E-state index contributed by atoms with van der Waals surface area (Å²) in [6.45, 7) is 5.91. The van der Waals surface area contributed by atoms with Crippen LogP contribution in [-0.2, 0) is 4.74 Å². The molecule has 1 fully saturated rings. The molecule has 0 spiro atoms. The summed E-state index contributed by atoms with van der Waals surface area (Å²) in [5.41, 5.74) is 2.78. The smallest absolute Gasteiger partial charge is 0.251 e. The summed E-state index contributed by atoms with van der Waals surface area (Å²) in [7, 11) is 1.66. The van der Waals surface area contributed by atoms with Gasteiger partial charge in [-0.2, -0.15) is 0 Å². The van der Waals surface area contributed by atoms with Gasteiger partial charge in [-0.3, -0.25) is 4.79 Å². The number of hydrogen-bond acceptors (Lipinski definition) is 3. The molecule has 2 rings (SSSR count). The van der Waals surface area contributed by atoms with Crippen molar-refractivity contribution >= 4 is 11.6 Å². The summed E-state index contributed by atoms with van der Waals surface area (Å²) >= 11 is 0. The summed E-state index contributed by atoms with van der Waals surface area (Å²) in [4.78, 5) is 11.8. The SMILES string of the molecule is CNC(=O)c1cccc(NC(C)C2CCOCC2)c1C. The summed E-state index contributed by atoms with van der Waals surface area (Å²) in [6, 6.07) is 6.21. The molecular formula is C16H24N2O2. The molecule has 1 amide bonds. The summed E-state index contributed by atoms with van der Waals surface area (Å²) in [6.07, 6.45) is 2.20. The normalized spacial score (nSPS) is 17.6. The van der Waals surface area contributed by atoms with Crippen molar-refractivity contribution in [2.75, 3.05) is 25.6 Å². The average Bonchev–Trinajstić information content (AvgIpc) is 2.49. The quantitative estimate of drug-likeness (QED) is 0.888. The highest BCUT2D eigenvalue weighted by Gasteiger charge is 2.21. The zero-order valence-electron chi connectivity index (χ0n) is 12.5. The molecule has 1 atom stereocenters. The van der Waals surface area contributed by atoms with Gasteiger partial charge in [-0.1, -0.05) is 6.07 Å². The first-order valence-corrected chi connectivity index (χ1v) is 7.29. The Bertz CT molecular complexity index is 468. The van der Waals surface area contributed by atoms with Crippen molar-refractivity contribution in [1.29, 1.82) is 0 Å². The van der Waals surface area contributed by atoms with Crippen molar-refractivity contribution in [3.8, 4) is 0 Å². The Labute approximate surface area is 120 Å². The molecule has 1 heterocycles. The van der Waals surface area contributed by atoms with Gasteiger partial charge in [0.05, 0.1) is 0 Å². The van der Waals surface area contributed by atoms with E-state index >= 15 is 0 Å². The number of nitrogens with one attached hydrogen (secondary N) is 2. The molecule has 1 aliphatic rings. The van der Waals surface area contributed by atoms with E-state index < -0.39 is 0 Å². The second-order valence-electron chi connectivity index (χ2n) is 5.44. The molecule has 1 aromatic rings. The maximum Gasteiger partial charge on any atom is 0.251 e. The molecule has 1 unspecified atom stereocenters. The predicted molar refractivity (Wildman–Crippen MR) is 81.2 cm³/mol. The summed E-state index contributed by atoms with van der Waals surface area (Å²) in [5, 5.41) is 6.25. The van der Waals surface area contributed by atoms with Crippen LogP contribution in [0.4, 0.5) is 5.69 Å². The van der Waals surface area contributed by atoms with Crippen molar-refractivity contribution < 1.29 is 9.53 Å². The minimum atomic E-state index is -0.0372. The van der Waals surface area contributed by atoms with Gasteiger partial charge in [0.2, 0.25) is 0 Å². The molecule has 0 aromatic heterocycles. The van der Waals surface area contributed by atoms with Crippen molar-refractivity contribution in [3.63, 3.8) is 0 Å². The number of rotatable bonds is 4. The van der Waals surface area contributed by atoms with Crippen LogP contribution in [0.5, 0.6) is 0 Å². The van der Waals surface area contributed by atoms with Gasteiger partial charge in [0.25, 0.3) is 5.91 Å². The van der Waals surface area contributed by atoms with E-state index in [0.717, 1.165) is 42.9 Å². The Morgan fingerprint density at radius 1 is 1.35 bits per heavy atom. The van der Waals surface area contributed by atoms with E-state index in [1.54, 1.807) is 7.05 Å². The average molecular weight is 276 g/mol. The largest absolute Gasteiger partial charge is 0.382 e. The zero-order valence-corrected chi connectivity index (χ0v) is 12.5. The van der Waals surface area contributed by atoms with Crippen molar-refractivity contribution in [2.45, 2.75) is 32.7 Å². The zero-order chi connectivity index (χ0) is 14.5. The number of anilines is 1. The van der Waals surface area contributed by atoms with E-state index in [-0.39, 0.29) is 5.91 Å². The molecule has 0 aliphatic carbocycles. The number of benzene rings is 1. The molecule has 20 heavy (non-hydrogen) atoms. The number of carbonyl (C=O) groups excluding carboxylic acids is 1. The van der Waals surface area contributed by atoms with E-state index in [0.29, 0.717) is 12.0 Å². The van der Waals surface area contributed by atoms with Gasteiger partial charge in [-0.15, -0.1) is 0 Å². The highest BCUT2D eigenvalue weighted by atomic mass is 16.5.